The number of carboxylic acids is 1. The number of nitrogens with one attached hydrogen (secondary N) is 1. The highest BCUT2D eigenvalue weighted by atomic mass is 19.1. The zero-order valence-electron chi connectivity index (χ0n) is 13.2. The van der Waals surface area contributed by atoms with E-state index in [1.165, 1.54) is 6.07 Å². The summed E-state index contributed by atoms with van der Waals surface area (Å²) in [6, 6.07) is 2.34. The van der Waals surface area contributed by atoms with Crippen molar-refractivity contribution in [1.82, 2.24) is 20.3 Å². The van der Waals surface area contributed by atoms with Crippen LogP contribution in [0, 0.1) is 11.6 Å². The number of aromatic carboxylic acids is 1. The standard InChI is InChI=1S/C15H13F2N5O4/c16-8-2-1-3-9(17)13(8)22-5-4-10(14(22)24)18-12(23)7-21-6-11(15(25)26)19-20-21/h1-3,6,10H,4-5,7H2,(H,18,23)(H,25,26). The van der Waals surface area contributed by atoms with Crippen LogP contribution >= 0.6 is 0 Å². The molecule has 0 aliphatic carbocycles. The third kappa shape index (κ3) is 3.36. The molecule has 0 bridgehead atoms. The maximum absolute atomic E-state index is 13.8. The number of nitrogens with zero attached hydrogens (tertiary/aromatic N) is 4. The lowest BCUT2D eigenvalue weighted by molar-refractivity contribution is -0.127. The van der Waals surface area contributed by atoms with Crippen LogP contribution in [0.3, 0.4) is 0 Å². The fourth-order valence-corrected chi connectivity index (χ4v) is 2.64. The number of hydrogen-bond acceptors (Lipinski definition) is 5. The number of halogens is 2. The van der Waals surface area contributed by atoms with Gasteiger partial charge in [-0.15, -0.1) is 5.10 Å². The average molecular weight is 365 g/mol. The van der Waals surface area contributed by atoms with Crippen LogP contribution in [0.1, 0.15) is 16.9 Å². The Hall–Kier alpha value is -3.37. The SMILES string of the molecule is O=C(Cn1cc(C(=O)O)nn1)NC1CCN(c2c(F)cccc2F)C1=O. The Morgan fingerprint density at radius 2 is 2.00 bits per heavy atom. The van der Waals surface area contributed by atoms with Crippen molar-refractivity contribution in [2.45, 2.75) is 19.0 Å². The van der Waals surface area contributed by atoms with Crippen molar-refractivity contribution in [3.05, 3.63) is 41.7 Å². The molecule has 3 rings (SSSR count). The number of carboxylic acid groups (broad SMARTS) is 1. The average Bonchev–Trinajstić information content (AvgIpc) is 3.16. The second-order valence-corrected chi connectivity index (χ2v) is 5.58. The van der Waals surface area contributed by atoms with Gasteiger partial charge < -0.3 is 15.3 Å². The number of benzene rings is 1. The molecular formula is C15H13F2N5O4. The Balaban J connectivity index is 1.65. The van der Waals surface area contributed by atoms with Crippen LogP contribution in [0.2, 0.25) is 0 Å². The van der Waals surface area contributed by atoms with Gasteiger partial charge in [0.15, 0.2) is 5.69 Å². The van der Waals surface area contributed by atoms with Crippen LogP contribution < -0.4 is 10.2 Å². The van der Waals surface area contributed by atoms with Crippen LogP contribution in [0.4, 0.5) is 14.5 Å². The number of aromatic nitrogens is 3. The van der Waals surface area contributed by atoms with Crippen molar-refractivity contribution in [3.63, 3.8) is 0 Å². The van der Waals surface area contributed by atoms with Crippen molar-refractivity contribution in [2.24, 2.45) is 0 Å². The van der Waals surface area contributed by atoms with Gasteiger partial charge in [0.25, 0.3) is 0 Å². The molecule has 9 nitrogen and oxygen atoms in total. The molecule has 2 aromatic rings. The maximum Gasteiger partial charge on any atom is 0.358 e. The molecule has 2 N–H and O–H groups in total. The van der Waals surface area contributed by atoms with E-state index in [1.54, 1.807) is 0 Å². The van der Waals surface area contributed by atoms with E-state index in [0.29, 0.717) is 0 Å². The van der Waals surface area contributed by atoms with Crippen LogP contribution in [-0.2, 0) is 16.1 Å². The van der Waals surface area contributed by atoms with Crippen molar-refractivity contribution >= 4 is 23.5 Å². The lowest BCUT2D eigenvalue weighted by Gasteiger charge is -2.18. The molecule has 1 fully saturated rings. The van der Waals surface area contributed by atoms with Crippen molar-refractivity contribution in [2.75, 3.05) is 11.4 Å². The summed E-state index contributed by atoms with van der Waals surface area (Å²) in [5.41, 5.74) is -0.771. The van der Waals surface area contributed by atoms with Gasteiger partial charge in [-0.1, -0.05) is 11.3 Å². The van der Waals surface area contributed by atoms with Gasteiger partial charge in [-0.2, -0.15) is 0 Å². The second-order valence-electron chi connectivity index (χ2n) is 5.58. The number of amides is 2. The first-order valence-corrected chi connectivity index (χ1v) is 7.55. The first-order valence-electron chi connectivity index (χ1n) is 7.55. The summed E-state index contributed by atoms with van der Waals surface area (Å²) in [4.78, 5) is 36.0. The van der Waals surface area contributed by atoms with Gasteiger partial charge in [0, 0.05) is 6.54 Å². The topological polar surface area (TPSA) is 117 Å². The Kier molecular flexibility index (Phi) is 4.61. The lowest BCUT2D eigenvalue weighted by Crippen LogP contribution is -2.43. The van der Waals surface area contributed by atoms with Gasteiger partial charge in [0.1, 0.15) is 29.9 Å². The van der Waals surface area contributed by atoms with E-state index < -0.39 is 41.1 Å². The number of carbonyl (C=O) groups is 3. The molecular weight excluding hydrogens is 352 g/mol. The number of rotatable bonds is 5. The molecule has 11 heteroatoms. The van der Waals surface area contributed by atoms with E-state index in [0.717, 1.165) is 27.9 Å². The van der Waals surface area contributed by atoms with Crippen LogP contribution in [0.25, 0.3) is 0 Å². The Morgan fingerprint density at radius 1 is 1.31 bits per heavy atom. The molecule has 0 saturated carbocycles. The number of anilines is 1. The second kappa shape index (κ2) is 6.86. The molecule has 1 saturated heterocycles. The predicted molar refractivity (Wildman–Crippen MR) is 82.2 cm³/mol. The molecule has 0 radical (unpaired) electrons. The molecule has 136 valence electrons. The van der Waals surface area contributed by atoms with Crippen molar-refractivity contribution < 1.29 is 28.3 Å². The molecule has 2 heterocycles. The van der Waals surface area contributed by atoms with Crippen molar-refractivity contribution in [3.8, 4) is 0 Å². The van der Waals surface area contributed by atoms with E-state index in [1.807, 2.05) is 0 Å². The highest BCUT2D eigenvalue weighted by molar-refractivity contribution is 6.01. The quantitative estimate of drug-likeness (QED) is 0.780. The summed E-state index contributed by atoms with van der Waals surface area (Å²) < 4.78 is 28.7. The molecule has 2 amide bonds. The monoisotopic (exact) mass is 365 g/mol. The van der Waals surface area contributed by atoms with Crippen LogP contribution in [-0.4, -0.2) is 50.5 Å². The summed E-state index contributed by atoms with van der Waals surface area (Å²) in [7, 11) is 0. The molecule has 1 atom stereocenters. The third-order valence-electron chi connectivity index (χ3n) is 3.81. The lowest BCUT2D eigenvalue weighted by atomic mass is 10.2. The molecule has 1 unspecified atom stereocenters. The minimum absolute atomic E-state index is 0.0497. The van der Waals surface area contributed by atoms with E-state index in [4.69, 9.17) is 5.11 Å². The van der Waals surface area contributed by atoms with Gasteiger partial charge in [-0.25, -0.2) is 18.3 Å². The Bertz CT molecular complexity index is 864. The van der Waals surface area contributed by atoms with Gasteiger partial charge in [-0.3, -0.25) is 9.59 Å². The molecule has 26 heavy (non-hydrogen) atoms. The summed E-state index contributed by atoms with van der Waals surface area (Å²) in [5, 5.41) is 18.0. The minimum atomic E-state index is -1.29. The molecule has 1 aliphatic heterocycles. The fourth-order valence-electron chi connectivity index (χ4n) is 2.64. The molecule has 0 spiro atoms. The predicted octanol–water partition coefficient (Wildman–Crippen LogP) is 0.176. The van der Waals surface area contributed by atoms with Gasteiger partial charge in [0.2, 0.25) is 11.8 Å². The van der Waals surface area contributed by atoms with Crippen LogP contribution in [0.5, 0.6) is 0 Å². The first-order chi connectivity index (χ1) is 12.4. The summed E-state index contributed by atoms with van der Waals surface area (Å²) >= 11 is 0. The summed E-state index contributed by atoms with van der Waals surface area (Å²) in [6.45, 7) is -0.299. The third-order valence-corrected chi connectivity index (χ3v) is 3.81. The van der Waals surface area contributed by atoms with E-state index in [-0.39, 0.29) is 25.2 Å². The molecule has 1 aromatic heterocycles. The zero-order chi connectivity index (χ0) is 18.8. The Morgan fingerprint density at radius 3 is 2.62 bits per heavy atom. The smallest absolute Gasteiger partial charge is 0.358 e. The summed E-state index contributed by atoms with van der Waals surface area (Å²) in [5.74, 6) is -4.26. The van der Waals surface area contributed by atoms with Gasteiger partial charge >= 0.3 is 5.97 Å². The zero-order valence-corrected chi connectivity index (χ0v) is 13.2. The Labute approximate surface area is 145 Å². The van der Waals surface area contributed by atoms with E-state index >= 15 is 0 Å². The van der Waals surface area contributed by atoms with Crippen molar-refractivity contribution in [1.29, 1.82) is 0 Å². The van der Waals surface area contributed by atoms with Gasteiger partial charge in [0.05, 0.1) is 6.20 Å². The molecule has 1 aliphatic rings. The minimum Gasteiger partial charge on any atom is -0.476 e. The highest BCUT2D eigenvalue weighted by Gasteiger charge is 2.36. The van der Waals surface area contributed by atoms with Crippen LogP contribution in [0.15, 0.2) is 24.4 Å². The number of carbonyl (C=O) groups excluding carboxylic acids is 2. The largest absolute Gasteiger partial charge is 0.476 e. The molecule has 1 aromatic carbocycles. The maximum atomic E-state index is 13.8. The number of hydrogen-bond donors (Lipinski definition) is 2. The summed E-state index contributed by atoms with van der Waals surface area (Å²) in [6.07, 6.45) is 1.25. The first kappa shape index (κ1) is 17.5. The highest BCUT2D eigenvalue weighted by Crippen LogP contribution is 2.27. The number of para-hydroxylation sites is 1. The van der Waals surface area contributed by atoms with Gasteiger partial charge in [-0.05, 0) is 18.6 Å². The normalized spacial score (nSPS) is 16.8. The van der Waals surface area contributed by atoms with E-state index in [2.05, 4.69) is 15.6 Å². The fraction of sp³-hybridized carbons (Fsp3) is 0.267. The van der Waals surface area contributed by atoms with E-state index in [9.17, 15) is 23.2 Å².